The second-order valence-corrected chi connectivity index (χ2v) is 5.38. The van der Waals surface area contributed by atoms with Crippen LogP contribution in [0.4, 0.5) is 11.4 Å². The number of aromatic nitrogens is 1. The van der Waals surface area contributed by atoms with E-state index in [1.807, 2.05) is 12.1 Å². The molecule has 0 unspecified atom stereocenters. The maximum Gasteiger partial charge on any atom is 0.129 e. The summed E-state index contributed by atoms with van der Waals surface area (Å²) in [5.74, 6) is 0. The number of rotatable bonds is 2. The Morgan fingerprint density at radius 3 is 2.89 bits per heavy atom. The number of fused-ring (bicyclic) bond motifs is 1. The molecule has 5 heteroatoms. The van der Waals surface area contributed by atoms with Crippen molar-refractivity contribution >= 4 is 34.6 Å². The Hall–Kier alpha value is -1.45. The molecule has 1 aliphatic rings. The average molecular weight is 294 g/mol. The third kappa shape index (κ3) is 2.36. The Kier molecular flexibility index (Phi) is 3.25. The Bertz CT molecular complexity index is 628. The average Bonchev–Trinajstić information content (AvgIpc) is 2.79. The highest BCUT2D eigenvalue weighted by Crippen LogP contribution is 2.35. The summed E-state index contributed by atoms with van der Waals surface area (Å²) in [7, 11) is 0. The van der Waals surface area contributed by atoms with E-state index in [0.717, 1.165) is 30.0 Å². The van der Waals surface area contributed by atoms with Crippen LogP contribution in [0.25, 0.3) is 0 Å². The molecule has 0 fully saturated rings. The lowest BCUT2D eigenvalue weighted by molar-refractivity contribution is 0.815. The number of para-hydroxylation sites is 1. The van der Waals surface area contributed by atoms with Gasteiger partial charge in [0.25, 0.3) is 0 Å². The monoisotopic (exact) mass is 293 g/mol. The lowest BCUT2D eigenvalue weighted by atomic mass is 10.1. The second-order valence-electron chi connectivity index (χ2n) is 4.59. The number of nitrogens with two attached hydrogens (primary N) is 1. The van der Waals surface area contributed by atoms with Crippen LogP contribution in [0.15, 0.2) is 30.3 Å². The molecule has 0 spiro atoms. The predicted molar refractivity (Wildman–Crippen MR) is 79.9 cm³/mol. The van der Waals surface area contributed by atoms with Crippen LogP contribution in [0, 0.1) is 0 Å². The Labute approximate surface area is 122 Å². The first-order chi connectivity index (χ1) is 9.15. The molecule has 1 aliphatic heterocycles. The van der Waals surface area contributed by atoms with Gasteiger partial charge in [-0.1, -0.05) is 35.3 Å². The van der Waals surface area contributed by atoms with Crippen LogP contribution >= 0.6 is 23.2 Å². The van der Waals surface area contributed by atoms with E-state index in [-0.39, 0.29) is 0 Å². The molecule has 2 N–H and O–H groups in total. The Morgan fingerprint density at radius 1 is 1.21 bits per heavy atom. The zero-order chi connectivity index (χ0) is 13.4. The third-order valence-electron chi connectivity index (χ3n) is 3.34. The molecule has 0 atom stereocenters. The van der Waals surface area contributed by atoms with Crippen molar-refractivity contribution in [1.29, 1.82) is 0 Å². The van der Waals surface area contributed by atoms with Crippen LogP contribution in [0.2, 0.25) is 10.2 Å². The summed E-state index contributed by atoms with van der Waals surface area (Å²) in [6, 6.07) is 9.49. The molecule has 0 aliphatic carbocycles. The fourth-order valence-electron chi connectivity index (χ4n) is 2.47. The van der Waals surface area contributed by atoms with Gasteiger partial charge < -0.3 is 10.6 Å². The maximum atomic E-state index is 6.16. The summed E-state index contributed by atoms with van der Waals surface area (Å²) in [5, 5.41) is 1.09. The molecular weight excluding hydrogens is 281 g/mol. The fraction of sp³-hybridized carbons (Fsp3) is 0.214. The molecular formula is C14H13Cl2N3. The van der Waals surface area contributed by atoms with E-state index in [1.165, 1.54) is 5.56 Å². The largest absolute Gasteiger partial charge is 0.397 e. The molecule has 0 amide bonds. The molecule has 0 bridgehead atoms. The number of hydrogen-bond acceptors (Lipinski definition) is 3. The number of halogens is 2. The lowest BCUT2D eigenvalue weighted by Crippen LogP contribution is -2.21. The van der Waals surface area contributed by atoms with Crippen molar-refractivity contribution in [2.24, 2.45) is 0 Å². The number of benzene rings is 1. The van der Waals surface area contributed by atoms with Gasteiger partial charge in [0.1, 0.15) is 5.15 Å². The smallest absolute Gasteiger partial charge is 0.129 e. The highest BCUT2D eigenvalue weighted by Gasteiger charge is 2.22. The minimum atomic E-state index is 0.458. The van der Waals surface area contributed by atoms with Gasteiger partial charge in [-0.05, 0) is 30.2 Å². The van der Waals surface area contributed by atoms with Crippen LogP contribution in [0.3, 0.4) is 0 Å². The van der Waals surface area contributed by atoms with E-state index in [0.29, 0.717) is 16.7 Å². The Balaban J connectivity index is 1.93. The van der Waals surface area contributed by atoms with E-state index < -0.39 is 0 Å². The molecule has 19 heavy (non-hydrogen) atoms. The summed E-state index contributed by atoms with van der Waals surface area (Å²) >= 11 is 12.1. The summed E-state index contributed by atoms with van der Waals surface area (Å²) in [5.41, 5.74) is 10.0. The summed E-state index contributed by atoms with van der Waals surface area (Å²) in [6.45, 7) is 1.55. The topological polar surface area (TPSA) is 42.1 Å². The van der Waals surface area contributed by atoms with Crippen LogP contribution in [0.1, 0.15) is 11.3 Å². The van der Waals surface area contributed by atoms with Crippen LogP contribution in [-0.2, 0) is 13.0 Å². The van der Waals surface area contributed by atoms with Gasteiger partial charge in [0.05, 0.1) is 28.6 Å². The quantitative estimate of drug-likeness (QED) is 0.680. The van der Waals surface area contributed by atoms with Crippen molar-refractivity contribution in [3.05, 3.63) is 51.8 Å². The second kappa shape index (κ2) is 4.91. The molecule has 3 nitrogen and oxygen atoms in total. The summed E-state index contributed by atoms with van der Waals surface area (Å²) in [6.07, 6.45) is 0.999. The minimum absolute atomic E-state index is 0.458. The van der Waals surface area contributed by atoms with Crippen molar-refractivity contribution in [3.63, 3.8) is 0 Å². The van der Waals surface area contributed by atoms with Crippen LogP contribution in [0.5, 0.6) is 0 Å². The summed E-state index contributed by atoms with van der Waals surface area (Å²) < 4.78 is 0. The number of anilines is 2. The number of pyridine rings is 1. The van der Waals surface area contributed by atoms with Gasteiger partial charge in [-0.2, -0.15) is 0 Å². The van der Waals surface area contributed by atoms with Gasteiger partial charge in [-0.15, -0.1) is 0 Å². The number of nitrogens with zero attached hydrogens (tertiary/aromatic N) is 2. The first kappa shape index (κ1) is 12.6. The molecule has 1 aromatic carbocycles. The lowest BCUT2D eigenvalue weighted by Gasteiger charge is -2.21. The third-order valence-corrected chi connectivity index (χ3v) is 3.90. The van der Waals surface area contributed by atoms with Crippen molar-refractivity contribution in [2.45, 2.75) is 13.0 Å². The van der Waals surface area contributed by atoms with E-state index in [9.17, 15) is 0 Å². The van der Waals surface area contributed by atoms with E-state index >= 15 is 0 Å². The normalized spacial score (nSPS) is 13.7. The molecule has 2 heterocycles. The standard InChI is InChI=1S/C14H13Cl2N3/c15-10-4-5-13(16)18-12(10)8-19-7-6-9-2-1-3-11(17)14(9)19/h1-5H,6-8,17H2. The zero-order valence-corrected chi connectivity index (χ0v) is 11.7. The van der Waals surface area contributed by atoms with Gasteiger partial charge in [0, 0.05) is 6.54 Å². The van der Waals surface area contributed by atoms with Gasteiger partial charge in [0.2, 0.25) is 0 Å². The maximum absolute atomic E-state index is 6.16. The molecule has 0 radical (unpaired) electrons. The summed E-state index contributed by atoms with van der Waals surface area (Å²) in [4.78, 5) is 6.49. The Morgan fingerprint density at radius 2 is 2.05 bits per heavy atom. The highest BCUT2D eigenvalue weighted by atomic mass is 35.5. The van der Waals surface area contributed by atoms with E-state index in [2.05, 4.69) is 16.0 Å². The van der Waals surface area contributed by atoms with E-state index in [1.54, 1.807) is 12.1 Å². The highest BCUT2D eigenvalue weighted by molar-refractivity contribution is 6.32. The zero-order valence-electron chi connectivity index (χ0n) is 10.2. The van der Waals surface area contributed by atoms with Gasteiger partial charge in [-0.3, -0.25) is 0 Å². The van der Waals surface area contributed by atoms with Crippen LogP contribution < -0.4 is 10.6 Å². The van der Waals surface area contributed by atoms with Gasteiger partial charge >= 0.3 is 0 Å². The van der Waals surface area contributed by atoms with Crippen LogP contribution in [-0.4, -0.2) is 11.5 Å². The molecule has 98 valence electrons. The number of hydrogen-bond donors (Lipinski definition) is 1. The van der Waals surface area contributed by atoms with Gasteiger partial charge in [0.15, 0.2) is 0 Å². The van der Waals surface area contributed by atoms with Gasteiger partial charge in [-0.25, -0.2) is 4.98 Å². The SMILES string of the molecule is Nc1cccc2c1N(Cc1nc(Cl)ccc1Cl)CC2. The van der Waals surface area contributed by atoms with Crippen molar-refractivity contribution in [2.75, 3.05) is 17.2 Å². The molecule has 0 saturated carbocycles. The first-order valence-electron chi connectivity index (χ1n) is 6.08. The van der Waals surface area contributed by atoms with Crippen molar-refractivity contribution < 1.29 is 0 Å². The van der Waals surface area contributed by atoms with Crippen molar-refractivity contribution in [3.8, 4) is 0 Å². The van der Waals surface area contributed by atoms with E-state index in [4.69, 9.17) is 28.9 Å². The fourth-order valence-corrected chi connectivity index (χ4v) is 2.80. The molecule has 3 rings (SSSR count). The predicted octanol–water partition coefficient (Wildman–Crippen LogP) is 3.53. The number of nitrogen functional groups attached to an aromatic ring is 1. The van der Waals surface area contributed by atoms with Crippen molar-refractivity contribution in [1.82, 2.24) is 4.98 Å². The molecule has 1 aromatic heterocycles. The molecule has 0 saturated heterocycles. The minimum Gasteiger partial charge on any atom is -0.397 e. The first-order valence-corrected chi connectivity index (χ1v) is 6.84. The molecule has 2 aromatic rings.